The molecule has 2 N–H and O–H groups in total. The Morgan fingerprint density at radius 3 is 2.83 bits per heavy atom. The Hall–Kier alpha value is -1.75. The number of imidazole rings is 1. The van der Waals surface area contributed by atoms with Crippen molar-refractivity contribution in [2.24, 2.45) is 0 Å². The molecule has 0 bridgehead atoms. The molecular formula is C13H20N4O. The zero-order valence-electron chi connectivity index (χ0n) is 11.2. The van der Waals surface area contributed by atoms with Crippen LogP contribution >= 0.6 is 0 Å². The second-order valence-corrected chi connectivity index (χ2v) is 4.48. The number of likely N-dealkylation sites (N-methyl/N-ethyl adjacent to an activating group) is 1. The van der Waals surface area contributed by atoms with Gasteiger partial charge in [0, 0.05) is 13.1 Å². The summed E-state index contributed by atoms with van der Waals surface area (Å²) >= 11 is 0. The first-order valence-corrected chi connectivity index (χ1v) is 6.15. The predicted octanol–water partition coefficient (Wildman–Crippen LogP) is 1.58. The largest absolute Gasteiger partial charge is 0.492 e. The van der Waals surface area contributed by atoms with Gasteiger partial charge in [0.2, 0.25) is 5.95 Å². The normalized spacial score (nSPS) is 11.3. The minimum absolute atomic E-state index is 0.541. The Morgan fingerprint density at radius 1 is 1.39 bits per heavy atom. The molecule has 0 amide bonds. The van der Waals surface area contributed by atoms with E-state index in [4.69, 9.17) is 10.5 Å². The van der Waals surface area contributed by atoms with E-state index in [1.807, 2.05) is 43.8 Å². The maximum absolute atomic E-state index is 5.98. The van der Waals surface area contributed by atoms with Gasteiger partial charge in [0.1, 0.15) is 11.3 Å². The molecule has 5 heteroatoms. The van der Waals surface area contributed by atoms with Crippen molar-refractivity contribution >= 4 is 17.0 Å². The summed E-state index contributed by atoms with van der Waals surface area (Å²) in [6, 6.07) is 5.92. The molecular weight excluding hydrogens is 228 g/mol. The maximum Gasteiger partial charge on any atom is 0.201 e. The molecule has 1 heterocycles. The third-order valence-corrected chi connectivity index (χ3v) is 2.84. The number of anilines is 1. The highest BCUT2D eigenvalue weighted by Gasteiger charge is 2.11. The number of ether oxygens (including phenoxy) is 1. The van der Waals surface area contributed by atoms with Gasteiger partial charge in [-0.25, -0.2) is 4.98 Å². The number of aromatic nitrogens is 2. The summed E-state index contributed by atoms with van der Waals surface area (Å²) < 4.78 is 7.60. The minimum atomic E-state index is 0.541. The molecule has 0 saturated carbocycles. The van der Waals surface area contributed by atoms with Crippen LogP contribution in [0.5, 0.6) is 5.75 Å². The summed E-state index contributed by atoms with van der Waals surface area (Å²) in [5.41, 5.74) is 7.85. The number of rotatable bonds is 5. The van der Waals surface area contributed by atoms with E-state index < -0.39 is 0 Å². The van der Waals surface area contributed by atoms with Gasteiger partial charge >= 0.3 is 0 Å². The van der Waals surface area contributed by atoms with Crippen molar-refractivity contribution in [3.05, 3.63) is 18.2 Å². The number of nitrogen functional groups attached to an aromatic ring is 1. The Bertz CT molecular complexity index is 533. The van der Waals surface area contributed by atoms with Gasteiger partial charge in [-0.15, -0.1) is 0 Å². The van der Waals surface area contributed by atoms with E-state index in [9.17, 15) is 0 Å². The summed E-state index contributed by atoms with van der Waals surface area (Å²) in [4.78, 5) is 6.53. The number of fused-ring (bicyclic) bond motifs is 1. The standard InChI is InChI=1S/C13H20N4O/c1-4-18-11-7-5-6-10-12(11)15-13(14)17(10)9-8-16(2)3/h5-7H,4,8-9H2,1-3H3,(H2,14,15). The first kappa shape index (κ1) is 12.7. The Labute approximate surface area is 107 Å². The number of para-hydroxylation sites is 1. The van der Waals surface area contributed by atoms with E-state index in [0.29, 0.717) is 12.6 Å². The fraction of sp³-hybridized carbons (Fsp3) is 0.462. The van der Waals surface area contributed by atoms with Gasteiger partial charge in [-0.2, -0.15) is 0 Å². The maximum atomic E-state index is 5.98. The van der Waals surface area contributed by atoms with E-state index in [1.54, 1.807) is 0 Å². The quantitative estimate of drug-likeness (QED) is 0.872. The number of hydrogen-bond donors (Lipinski definition) is 1. The van der Waals surface area contributed by atoms with Crippen LogP contribution in [0.2, 0.25) is 0 Å². The van der Waals surface area contributed by atoms with Crippen LogP contribution in [0.4, 0.5) is 5.95 Å². The third kappa shape index (κ3) is 2.41. The molecule has 0 spiro atoms. The van der Waals surface area contributed by atoms with Crippen LogP contribution in [0.25, 0.3) is 11.0 Å². The lowest BCUT2D eigenvalue weighted by molar-refractivity contribution is 0.343. The molecule has 0 atom stereocenters. The van der Waals surface area contributed by atoms with Crippen molar-refractivity contribution < 1.29 is 4.74 Å². The highest BCUT2D eigenvalue weighted by atomic mass is 16.5. The molecule has 0 aliphatic carbocycles. The van der Waals surface area contributed by atoms with Crippen LogP contribution < -0.4 is 10.5 Å². The van der Waals surface area contributed by atoms with Gasteiger partial charge in [0.25, 0.3) is 0 Å². The van der Waals surface area contributed by atoms with Gasteiger partial charge in [-0.1, -0.05) is 6.07 Å². The lowest BCUT2D eigenvalue weighted by Gasteiger charge is -2.11. The highest BCUT2D eigenvalue weighted by molar-refractivity contribution is 5.84. The molecule has 0 radical (unpaired) electrons. The molecule has 0 aliphatic heterocycles. The van der Waals surface area contributed by atoms with Crippen LogP contribution in [-0.4, -0.2) is 41.7 Å². The SMILES string of the molecule is CCOc1cccc2c1nc(N)n2CCN(C)C. The second kappa shape index (κ2) is 5.27. The van der Waals surface area contributed by atoms with Crippen LogP contribution in [-0.2, 0) is 6.54 Å². The summed E-state index contributed by atoms with van der Waals surface area (Å²) in [6.45, 7) is 4.34. The van der Waals surface area contributed by atoms with Crippen molar-refractivity contribution in [1.29, 1.82) is 0 Å². The fourth-order valence-electron chi connectivity index (χ4n) is 1.95. The Balaban J connectivity index is 2.41. The smallest absolute Gasteiger partial charge is 0.201 e. The van der Waals surface area contributed by atoms with E-state index in [-0.39, 0.29) is 0 Å². The highest BCUT2D eigenvalue weighted by Crippen LogP contribution is 2.26. The van der Waals surface area contributed by atoms with Crippen molar-refractivity contribution in [2.75, 3.05) is 33.0 Å². The molecule has 0 unspecified atom stereocenters. The molecule has 2 aromatic rings. The van der Waals surface area contributed by atoms with Gasteiger partial charge in [-0.3, -0.25) is 0 Å². The van der Waals surface area contributed by atoms with E-state index in [1.165, 1.54) is 0 Å². The number of nitrogens with two attached hydrogens (primary N) is 1. The van der Waals surface area contributed by atoms with E-state index in [2.05, 4.69) is 9.88 Å². The molecule has 2 rings (SSSR count). The Morgan fingerprint density at radius 2 is 2.17 bits per heavy atom. The first-order chi connectivity index (χ1) is 8.63. The van der Waals surface area contributed by atoms with Crippen LogP contribution in [0.1, 0.15) is 6.92 Å². The number of nitrogens with zero attached hydrogens (tertiary/aromatic N) is 3. The first-order valence-electron chi connectivity index (χ1n) is 6.15. The van der Waals surface area contributed by atoms with Gasteiger partial charge in [0.15, 0.2) is 0 Å². The molecule has 0 aliphatic rings. The van der Waals surface area contributed by atoms with Crippen LogP contribution in [0.15, 0.2) is 18.2 Å². The fourth-order valence-corrected chi connectivity index (χ4v) is 1.95. The van der Waals surface area contributed by atoms with E-state index in [0.717, 1.165) is 29.9 Å². The minimum Gasteiger partial charge on any atom is -0.492 e. The van der Waals surface area contributed by atoms with Crippen LogP contribution in [0.3, 0.4) is 0 Å². The van der Waals surface area contributed by atoms with Crippen molar-refractivity contribution in [1.82, 2.24) is 14.5 Å². The van der Waals surface area contributed by atoms with Crippen molar-refractivity contribution in [2.45, 2.75) is 13.5 Å². The molecule has 18 heavy (non-hydrogen) atoms. The van der Waals surface area contributed by atoms with Gasteiger partial charge in [-0.05, 0) is 33.2 Å². The lowest BCUT2D eigenvalue weighted by atomic mass is 10.3. The Kier molecular flexibility index (Phi) is 3.72. The number of benzene rings is 1. The average Bonchev–Trinajstić information content (AvgIpc) is 2.64. The zero-order valence-corrected chi connectivity index (χ0v) is 11.2. The molecule has 98 valence electrons. The summed E-state index contributed by atoms with van der Waals surface area (Å²) in [5.74, 6) is 1.34. The lowest BCUT2D eigenvalue weighted by Crippen LogP contribution is -2.19. The summed E-state index contributed by atoms with van der Waals surface area (Å²) in [7, 11) is 4.09. The number of hydrogen-bond acceptors (Lipinski definition) is 4. The summed E-state index contributed by atoms with van der Waals surface area (Å²) in [6.07, 6.45) is 0. The molecule has 5 nitrogen and oxygen atoms in total. The predicted molar refractivity (Wildman–Crippen MR) is 73.9 cm³/mol. The third-order valence-electron chi connectivity index (χ3n) is 2.84. The molecule has 0 saturated heterocycles. The van der Waals surface area contributed by atoms with Crippen molar-refractivity contribution in [3.63, 3.8) is 0 Å². The second-order valence-electron chi connectivity index (χ2n) is 4.48. The zero-order chi connectivity index (χ0) is 13.1. The van der Waals surface area contributed by atoms with Crippen molar-refractivity contribution in [3.8, 4) is 5.75 Å². The van der Waals surface area contributed by atoms with Gasteiger partial charge in [0.05, 0.1) is 12.1 Å². The molecule has 1 aromatic carbocycles. The van der Waals surface area contributed by atoms with E-state index >= 15 is 0 Å². The van der Waals surface area contributed by atoms with Crippen LogP contribution in [0, 0.1) is 0 Å². The molecule has 0 fully saturated rings. The average molecular weight is 248 g/mol. The van der Waals surface area contributed by atoms with Gasteiger partial charge < -0.3 is 19.9 Å². The topological polar surface area (TPSA) is 56.3 Å². The summed E-state index contributed by atoms with van der Waals surface area (Å²) in [5, 5.41) is 0. The molecule has 1 aromatic heterocycles. The monoisotopic (exact) mass is 248 g/mol.